The first-order valence-electron chi connectivity index (χ1n) is 10.5. The van der Waals surface area contributed by atoms with E-state index >= 15 is 0 Å². The first kappa shape index (κ1) is 23.8. The van der Waals surface area contributed by atoms with E-state index in [1.807, 2.05) is 53.8 Å². The largest absolute Gasteiger partial charge is 0.481 e. The second kappa shape index (κ2) is 9.88. The van der Waals surface area contributed by atoms with Crippen LogP contribution in [0.25, 0.3) is 11.1 Å². The molecule has 3 N–H and O–H groups in total. The highest BCUT2D eigenvalue weighted by molar-refractivity contribution is 5.98. The van der Waals surface area contributed by atoms with Gasteiger partial charge in [0.2, 0.25) is 5.91 Å². The molecule has 0 aliphatic heterocycles. The van der Waals surface area contributed by atoms with Gasteiger partial charge in [-0.25, -0.2) is 18.0 Å². The number of carbonyl (C=O) groups excluding carboxylic acids is 2. The van der Waals surface area contributed by atoms with Crippen molar-refractivity contribution in [2.75, 3.05) is 11.9 Å². The first-order valence-corrected chi connectivity index (χ1v) is 10.5. The maximum atomic E-state index is 13.9. The molecule has 2 amide bonds. The molecule has 1 unspecified atom stereocenters. The molecule has 1 aliphatic carbocycles. The summed E-state index contributed by atoms with van der Waals surface area (Å²) in [5, 5.41) is 13.2. The molecule has 4 rings (SSSR count). The number of hydrogen-bond donors (Lipinski definition) is 3. The average Bonchev–Trinajstić information content (AvgIpc) is 3.14. The van der Waals surface area contributed by atoms with Crippen LogP contribution in [0.3, 0.4) is 0 Å². The summed E-state index contributed by atoms with van der Waals surface area (Å²) < 4.78 is 45.7. The zero-order valence-corrected chi connectivity index (χ0v) is 18.1. The molecular weight excluding hydrogens is 465 g/mol. The Bertz CT molecular complexity index is 1270. The summed E-state index contributed by atoms with van der Waals surface area (Å²) in [6.45, 7) is -0.0843. The van der Waals surface area contributed by atoms with Gasteiger partial charge in [0.05, 0.1) is 12.1 Å². The van der Waals surface area contributed by atoms with Crippen molar-refractivity contribution in [2.45, 2.75) is 18.4 Å². The molecule has 1 atom stereocenters. The highest BCUT2D eigenvalue weighted by atomic mass is 19.2. The zero-order valence-electron chi connectivity index (χ0n) is 18.1. The number of fused-ring (bicyclic) bond motifs is 3. The first-order chi connectivity index (χ1) is 16.7. The van der Waals surface area contributed by atoms with Gasteiger partial charge in [-0.15, -0.1) is 0 Å². The fourth-order valence-corrected chi connectivity index (χ4v) is 4.00. The van der Waals surface area contributed by atoms with Crippen LogP contribution in [-0.2, 0) is 14.3 Å². The molecular formula is C25H19F3N2O5. The number of halogens is 3. The van der Waals surface area contributed by atoms with Crippen molar-refractivity contribution < 1.29 is 37.4 Å². The van der Waals surface area contributed by atoms with Crippen molar-refractivity contribution in [3.63, 3.8) is 0 Å². The predicted molar refractivity (Wildman–Crippen MR) is 119 cm³/mol. The van der Waals surface area contributed by atoms with Crippen molar-refractivity contribution in [3.8, 4) is 11.1 Å². The number of amides is 2. The van der Waals surface area contributed by atoms with E-state index < -0.39 is 53.6 Å². The third kappa shape index (κ3) is 5.11. The van der Waals surface area contributed by atoms with E-state index in [0.717, 1.165) is 22.3 Å². The van der Waals surface area contributed by atoms with Crippen LogP contribution in [0, 0.1) is 17.5 Å². The number of nitrogens with one attached hydrogen (secondary N) is 2. The van der Waals surface area contributed by atoms with Gasteiger partial charge in [-0.1, -0.05) is 48.5 Å². The molecule has 0 aromatic heterocycles. The van der Waals surface area contributed by atoms with Crippen LogP contribution in [0.1, 0.15) is 23.5 Å². The minimum atomic E-state index is -1.67. The second-order valence-corrected chi connectivity index (χ2v) is 7.86. The van der Waals surface area contributed by atoms with Gasteiger partial charge in [0.15, 0.2) is 11.6 Å². The highest BCUT2D eigenvalue weighted by Crippen LogP contribution is 2.44. The van der Waals surface area contributed by atoms with Gasteiger partial charge in [-0.05, 0) is 22.3 Å². The number of alkyl carbamates (subject to hydrolysis) is 1. The Hall–Kier alpha value is -4.34. The fraction of sp³-hybridized carbons (Fsp3) is 0.160. The van der Waals surface area contributed by atoms with Crippen molar-refractivity contribution in [2.24, 2.45) is 0 Å². The standard InChI is InChI=1S/C25H19F3N2O5/c26-18-9-20(28)21(10-19(18)27)29-24(33)22(11-23(31)32)30-25(34)35-12-17-15-7-3-1-5-13(15)14-6-2-4-8-16(14)17/h1-10,17,22H,11-12H2,(H,29,33)(H,30,34)(H,31,32). The maximum absolute atomic E-state index is 13.9. The molecule has 0 heterocycles. The summed E-state index contributed by atoms with van der Waals surface area (Å²) in [4.78, 5) is 36.1. The van der Waals surface area contributed by atoms with E-state index in [1.165, 1.54) is 0 Å². The Morgan fingerprint density at radius 1 is 0.886 bits per heavy atom. The molecule has 0 saturated carbocycles. The lowest BCUT2D eigenvalue weighted by molar-refractivity contribution is -0.139. The number of rotatable bonds is 7. The van der Waals surface area contributed by atoms with Crippen LogP contribution in [-0.4, -0.2) is 35.7 Å². The lowest BCUT2D eigenvalue weighted by Gasteiger charge is -2.19. The van der Waals surface area contributed by atoms with Gasteiger partial charge < -0.3 is 20.5 Å². The zero-order chi connectivity index (χ0) is 25.1. The summed E-state index contributed by atoms with van der Waals surface area (Å²) in [7, 11) is 0. The highest BCUT2D eigenvalue weighted by Gasteiger charge is 2.30. The molecule has 1 aliphatic rings. The smallest absolute Gasteiger partial charge is 0.407 e. The summed E-state index contributed by atoms with van der Waals surface area (Å²) >= 11 is 0. The van der Waals surface area contributed by atoms with Crippen LogP contribution in [0.2, 0.25) is 0 Å². The third-order valence-electron chi connectivity index (χ3n) is 5.60. The number of carboxylic acids is 1. The molecule has 0 saturated heterocycles. The maximum Gasteiger partial charge on any atom is 0.407 e. The van der Waals surface area contributed by atoms with E-state index in [4.69, 9.17) is 9.84 Å². The molecule has 180 valence electrons. The van der Waals surface area contributed by atoms with Crippen LogP contribution >= 0.6 is 0 Å². The van der Waals surface area contributed by atoms with Crippen LogP contribution < -0.4 is 10.6 Å². The molecule has 0 bridgehead atoms. The van der Waals surface area contributed by atoms with E-state index in [2.05, 4.69) is 5.32 Å². The number of aliphatic carboxylic acids is 1. The Balaban J connectivity index is 1.45. The Labute approximate surface area is 197 Å². The van der Waals surface area contributed by atoms with Crippen LogP contribution in [0.4, 0.5) is 23.7 Å². The van der Waals surface area contributed by atoms with Gasteiger partial charge >= 0.3 is 12.1 Å². The van der Waals surface area contributed by atoms with E-state index in [-0.39, 0.29) is 18.6 Å². The number of carboxylic acid groups (broad SMARTS) is 1. The summed E-state index contributed by atoms with van der Waals surface area (Å²) in [6.07, 6.45) is -1.93. The van der Waals surface area contributed by atoms with E-state index in [9.17, 15) is 27.6 Å². The SMILES string of the molecule is O=C(O)CC(NC(=O)OCC1c2ccccc2-c2ccccc21)C(=O)Nc1cc(F)c(F)cc1F. The van der Waals surface area contributed by atoms with E-state index in [0.29, 0.717) is 6.07 Å². The minimum Gasteiger partial charge on any atom is -0.481 e. The van der Waals surface area contributed by atoms with Crippen molar-refractivity contribution in [3.05, 3.63) is 89.2 Å². The van der Waals surface area contributed by atoms with Gasteiger partial charge in [-0.2, -0.15) is 0 Å². The number of benzene rings is 3. The van der Waals surface area contributed by atoms with Gasteiger partial charge in [0.1, 0.15) is 18.5 Å². The Kier molecular flexibility index (Phi) is 6.72. The lowest BCUT2D eigenvalue weighted by Crippen LogP contribution is -2.45. The van der Waals surface area contributed by atoms with Crippen molar-refractivity contribution in [1.82, 2.24) is 5.32 Å². The molecule has 0 radical (unpaired) electrons. The molecule has 0 spiro atoms. The molecule has 7 nitrogen and oxygen atoms in total. The number of ether oxygens (including phenoxy) is 1. The molecule has 3 aromatic rings. The molecule has 35 heavy (non-hydrogen) atoms. The summed E-state index contributed by atoms with van der Waals surface area (Å²) in [6, 6.07) is 14.2. The third-order valence-corrected chi connectivity index (χ3v) is 5.60. The van der Waals surface area contributed by atoms with Crippen molar-refractivity contribution in [1.29, 1.82) is 0 Å². The number of hydrogen-bond acceptors (Lipinski definition) is 4. The van der Waals surface area contributed by atoms with Gasteiger partial charge in [0, 0.05) is 18.1 Å². The quantitative estimate of drug-likeness (QED) is 0.431. The Morgan fingerprint density at radius 3 is 2.06 bits per heavy atom. The summed E-state index contributed by atoms with van der Waals surface area (Å²) in [5.41, 5.74) is 3.21. The van der Waals surface area contributed by atoms with Crippen LogP contribution in [0.5, 0.6) is 0 Å². The summed E-state index contributed by atoms with van der Waals surface area (Å²) in [5.74, 6) is -7.00. The number of carbonyl (C=O) groups is 3. The monoisotopic (exact) mass is 484 g/mol. The molecule has 0 fully saturated rings. The average molecular weight is 484 g/mol. The van der Waals surface area contributed by atoms with Gasteiger partial charge in [0.25, 0.3) is 0 Å². The normalized spacial score (nSPS) is 12.9. The Morgan fingerprint density at radius 2 is 1.46 bits per heavy atom. The molecule has 10 heteroatoms. The minimum absolute atomic E-state index is 0.0843. The van der Waals surface area contributed by atoms with Crippen molar-refractivity contribution >= 4 is 23.7 Å². The topological polar surface area (TPSA) is 105 Å². The van der Waals surface area contributed by atoms with E-state index in [1.54, 1.807) is 0 Å². The van der Waals surface area contributed by atoms with Gasteiger partial charge in [-0.3, -0.25) is 9.59 Å². The fourth-order valence-electron chi connectivity index (χ4n) is 4.00. The lowest BCUT2D eigenvalue weighted by atomic mass is 9.98. The molecule has 3 aromatic carbocycles. The number of anilines is 1. The van der Waals surface area contributed by atoms with Crippen LogP contribution in [0.15, 0.2) is 60.7 Å². The predicted octanol–water partition coefficient (Wildman–Crippen LogP) is 4.42. The second-order valence-electron chi connectivity index (χ2n) is 7.86.